The second-order valence-electron chi connectivity index (χ2n) is 7.88. The first kappa shape index (κ1) is 22.0. The van der Waals surface area contributed by atoms with E-state index in [1.165, 1.54) is 12.3 Å². The summed E-state index contributed by atoms with van der Waals surface area (Å²) in [5.74, 6) is -0.0734. The van der Waals surface area contributed by atoms with Crippen LogP contribution in [0.3, 0.4) is 0 Å². The van der Waals surface area contributed by atoms with E-state index in [0.29, 0.717) is 36.6 Å². The van der Waals surface area contributed by atoms with Crippen LogP contribution in [0.1, 0.15) is 12.5 Å². The highest BCUT2D eigenvalue weighted by molar-refractivity contribution is 6.31. The van der Waals surface area contributed by atoms with E-state index < -0.39 is 0 Å². The molecule has 32 heavy (non-hydrogen) atoms. The molecule has 0 bridgehead atoms. The molecule has 2 heterocycles. The van der Waals surface area contributed by atoms with Gasteiger partial charge in [-0.1, -0.05) is 17.7 Å². The molecule has 4 rings (SSSR count). The summed E-state index contributed by atoms with van der Waals surface area (Å²) in [6, 6.07) is 10.3. The van der Waals surface area contributed by atoms with Crippen LogP contribution in [0.5, 0.6) is 0 Å². The van der Waals surface area contributed by atoms with Gasteiger partial charge in [0.25, 0.3) is 5.69 Å². The van der Waals surface area contributed by atoms with Gasteiger partial charge in [0.15, 0.2) is 0 Å². The quantitative estimate of drug-likeness (QED) is 0.458. The van der Waals surface area contributed by atoms with Crippen LogP contribution in [-0.2, 0) is 4.79 Å². The minimum Gasteiger partial charge on any atom is -0.368 e. The molecule has 1 aromatic heterocycles. The first-order valence-electron chi connectivity index (χ1n) is 10.4. The zero-order valence-electron chi connectivity index (χ0n) is 17.9. The lowest BCUT2D eigenvalue weighted by Gasteiger charge is -2.39. The second kappa shape index (κ2) is 9.10. The molecule has 1 aliphatic heterocycles. The number of nitrogens with one attached hydrogen (secondary N) is 1. The van der Waals surface area contributed by atoms with Crippen LogP contribution in [0, 0.1) is 17.0 Å². The topological polar surface area (TPSA) is 91.6 Å². The Kier molecular flexibility index (Phi) is 6.25. The highest BCUT2D eigenvalue weighted by atomic mass is 35.5. The van der Waals surface area contributed by atoms with Crippen LogP contribution in [0.25, 0.3) is 10.8 Å². The Morgan fingerprint density at radius 2 is 1.91 bits per heavy atom. The summed E-state index contributed by atoms with van der Waals surface area (Å²) in [6.07, 6.45) is 3.19. The van der Waals surface area contributed by atoms with Crippen LogP contribution in [0.15, 0.2) is 48.8 Å². The Balaban J connectivity index is 1.45. The maximum absolute atomic E-state index is 12.8. The molecule has 3 aromatic rings. The lowest BCUT2D eigenvalue weighted by molar-refractivity contribution is -0.383. The molecule has 0 radical (unpaired) electrons. The van der Waals surface area contributed by atoms with Crippen molar-refractivity contribution < 1.29 is 9.72 Å². The van der Waals surface area contributed by atoms with E-state index in [0.717, 1.165) is 22.3 Å². The average molecular weight is 454 g/mol. The first-order valence-corrected chi connectivity index (χ1v) is 10.8. The Hall–Kier alpha value is -3.23. The number of carbonyl (C=O) groups excluding carboxylic acids is 1. The third-order valence-corrected chi connectivity index (χ3v) is 6.49. The van der Waals surface area contributed by atoms with Crippen LogP contribution >= 0.6 is 11.6 Å². The fourth-order valence-corrected chi connectivity index (χ4v) is 4.26. The SMILES string of the molecule is Cc1c(Cl)cccc1NC(=O)[C@H](C)N1CCN(c2ccc([N+](=O)[O-])c3cnccc23)CC1. The van der Waals surface area contributed by atoms with Gasteiger partial charge in [-0.3, -0.25) is 24.8 Å². The number of nitrogens with zero attached hydrogens (tertiary/aromatic N) is 4. The summed E-state index contributed by atoms with van der Waals surface area (Å²) in [6.45, 7) is 6.61. The Labute approximate surface area is 190 Å². The molecule has 2 aromatic carbocycles. The molecule has 1 saturated heterocycles. The number of benzene rings is 2. The van der Waals surface area contributed by atoms with Crippen molar-refractivity contribution >= 4 is 45.3 Å². The zero-order chi connectivity index (χ0) is 22.8. The number of pyridine rings is 1. The number of non-ortho nitro benzene ring substituents is 1. The molecule has 8 nitrogen and oxygen atoms in total. The molecule has 0 aliphatic carbocycles. The number of anilines is 2. The summed E-state index contributed by atoms with van der Waals surface area (Å²) < 4.78 is 0. The van der Waals surface area contributed by atoms with Gasteiger partial charge in [-0.2, -0.15) is 0 Å². The number of nitro benzene ring substituents is 1. The van der Waals surface area contributed by atoms with Crippen molar-refractivity contribution in [1.29, 1.82) is 0 Å². The van der Waals surface area contributed by atoms with E-state index in [4.69, 9.17) is 11.6 Å². The molecule has 1 atom stereocenters. The van der Waals surface area contributed by atoms with Crippen molar-refractivity contribution in [3.05, 3.63) is 69.5 Å². The van der Waals surface area contributed by atoms with Gasteiger partial charge in [-0.05, 0) is 43.7 Å². The van der Waals surface area contributed by atoms with Gasteiger partial charge in [-0.15, -0.1) is 0 Å². The van der Waals surface area contributed by atoms with Gasteiger partial charge in [0.1, 0.15) is 0 Å². The molecule has 0 unspecified atom stereocenters. The predicted molar refractivity (Wildman–Crippen MR) is 126 cm³/mol. The number of fused-ring (bicyclic) bond motifs is 1. The van der Waals surface area contributed by atoms with Crippen LogP contribution in [0.2, 0.25) is 5.02 Å². The highest BCUT2D eigenvalue weighted by Crippen LogP contribution is 2.33. The van der Waals surface area contributed by atoms with Gasteiger partial charge in [0.05, 0.1) is 16.4 Å². The average Bonchev–Trinajstić information content (AvgIpc) is 2.80. The third kappa shape index (κ3) is 4.24. The van der Waals surface area contributed by atoms with Crippen molar-refractivity contribution in [2.24, 2.45) is 0 Å². The number of aromatic nitrogens is 1. The van der Waals surface area contributed by atoms with Crippen molar-refractivity contribution in [2.45, 2.75) is 19.9 Å². The number of halogens is 1. The fourth-order valence-electron chi connectivity index (χ4n) is 4.09. The number of carbonyl (C=O) groups is 1. The normalized spacial score (nSPS) is 15.5. The fraction of sp³-hybridized carbons (Fsp3) is 0.304. The summed E-state index contributed by atoms with van der Waals surface area (Å²) in [7, 11) is 0. The lowest BCUT2D eigenvalue weighted by atomic mass is 10.1. The molecule has 1 fully saturated rings. The third-order valence-electron chi connectivity index (χ3n) is 6.08. The van der Waals surface area contributed by atoms with E-state index in [2.05, 4.69) is 20.1 Å². The molecule has 1 N–H and O–H groups in total. The molecule has 0 spiro atoms. The van der Waals surface area contributed by atoms with Gasteiger partial charge < -0.3 is 10.2 Å². The van der Waals surface area contributed by atoms with E-state index in [-0.39, 0.29) is 22.6 Å². The van der Waals surface area contributed by atoms with E-state index in [9.17, 15) is 14.9 Å². The lowest BCUT2D eigenvalue weighted by Crippen LogP contribution is -2.52. The zero-order valence-corrected chi connectivity index (χ0v) is 18.7. The van der Waals surface area contributed by atoms with Crippen molar-refractivity contribution in [3.63, 3.8) is 0 Å². The van der Waals surface area contributed by atoms with Gasteiger partial charge >= 0.3 is 0 Å². The predicted octanol–water partition coefficient (Wildman–Crippen LogP) is 4.25. The Bertz CT molecular complexity index is 1180. The molecule has 1 aliphatic rings. The number of rotatable bonds is 5. The molecular formula is C23H24ClN5O3. The van der Waals surface area contributed by atoms with Gasteiger partial charge in [-0.25, -0.2) is 0 Å². The van der Waals surface area contributed by atoms with E-state index >= 15 is 0 Å². The minimum atomic E-state index is -0.381. The van der Waals surface area contributed by atoms with Gasteiger partial charge in [0, 0.05) is 66.4 Å². The number of hydrogen-bond acceptors (Lipinski definition) is 6. The maximum atomic E-state index is 12.8. The van der Waals surface area contributed by atoms with Crippen LogP contribution in [0.4, 0.5) is 17.1 Å². The Morgan fingerprint density at radius 3 is 2.62 bits per heavy atom. The largest absolute Gasteiger partial charge is 0.368 e. The molecule has 1 amide bonds. The summed E-state index contributed by atoms with van der Waals surface area (Å²) >= 11 is 6.16. The van der Waals surface area contributed by atoms with Crippen molar-refractivity contribution in [3.8, 4) is 0 Å². The summed E-state index contributed by atoms with van der Waals surface area (Å²) in [5, 5.41) is 16.3. The van der Waals surface area contributed by atoms with Crippen molar-refractivity contribution in [1.82, 2.24) is 9.88 Å². The Morgan fingerprint density at radius 1 is 1.16 bits per heavy atom. The molecule has 9 heteroatoms. The first-order chi connectivity index (χ1) is 15.4. The van der Waals surface area contributed by atoms with E-state index in [1.54, 1.807) is 18.3 Å². The smallest absolute Gasteiger partial charge is 0.278 e. The summed E-state index contributed by atoms with van der Waals surface area (Å²) in [4.78, 5) is 32.2. The molecular weight excluding hydrogens is 430 g/mol. The number of amides is 1. The highest BCUT2D eigenvalue weighted by Gasteiger charge is 2.27. The van der Waals surface area contributed by atoms with Crippen molar-refractivity contribution in [2.75, 3.05) is 36.4 Å². The van der Waals surface area contributed by atoms with Gasteiger partial charge in [0.2, 0.25) is 5.91 Å². The maximum Gasteiger partial charge on any atom is 0.278 e. The van der Waals surface area contributed by atoms with Crippen LogP contribution < -0.4 is 10.2 Å². The van der Waals surface area contributed by atoms with Crippen LogP contribution in [-0.4, -0.2) is 52.9 Å². The molecule has 166 valence electrons. The molecule has 0 saturated carbocycles. The number of piperazine rings is 1. The summed E-state index contributed by atoms with van der Waals surface area (Å²) in [5.41, 5.74) is 2.56. The standard InChI is InChI=1S/C23H24ClN5O3/c1-15-19(24)4-3-5-20(15)26-23(30)16(2)27-10-12-28(13-11-27)21-6-7-22(29(31)32)18-14-25-9-8-17(18)21/h3-9,14,16H,10-13H2,1-2H3,(H,26,30)/t16-/m0/s1. The minimum absolute atomic E-state index is 0.0529. The van der Waals surface area contributed by atoms with E-state index in [1.807, 2.05) is 32.0 Å². The number of nitro groups is 1. The number of hydrogen-bond donors (Lipinski definition) is 1. The monoisotopic (exact) mass is 453 g/mol. The second-order valence-corrected chi connectivity index (χ2v) is 8.29.